The van der Waals surface area contributed by atoms with Crippen LogP contribution in [0.3, 0.4) is 0 Å². The summed E-state index contributed by atoms with van der Waals surface area (Å²) in [6.45, 7) is 0. The first-order valence-electron chi connectivity index (χ1n) is 6.70. The Morgan fingerprint density at radius 3 is 2.65 bits per heavy atom. The Bertz CT molecular complexity index is 806. The summed E-state index contributed by atoms with van der Waals surface area (Å²) in [4.78, 5) is 4.45. The van der Waals surface area contributed by atoms with E-state index in [1.165, 1.54) is 0 Å². The molecule has 0 bridgehead atoms. The van der Waals surface area contributed by atoms with Gasteiger partial charge in [0.05, 0.1) is 12.9 Å². The third kappa shape index (κ3) is 3.68. The largest absolute Gasteiger partial charge is 0.497 e. The predicted octanol–water partition coefficient (Wildman–Crippen LogP) is 4.32. The molecule has 3 rings (SSSR count). The van der Waals surface area contributed by atoms with Gasteiger partial charge in [0.1, 0.15) is 17.4 Å². The van der Waals surface area contributed by atoms with Crippen LogP contribution in [0.2, 0.25) is 0 Å². The molecule has 0 spiro atoms. The second-order valence-electron chi connectivity index (χ2n) is 4.60. The van der Waals surface area contributed by atoms with E-state index in [-0.39, 0.29) is 10.6 Å². The molecule has 2 aromatic carbocycles. The van der Waals surface area contributed by atoms with Crippen LogP contribution in [0.1, 0.15) is 5.89 Å². The number of rotatable bonds is 5. The van der Waals surface area contributed by atoms with Crippen molar-refractivity contribution in [1.29, 1.82) is 0 Å². The predicted molar refractivity (Wildman–Crippen MR) is 82.2 cm³/mol. The van der Waals surface area contributed by atoms with Crippen molar-refractivity contribution in [3.05, 3.63) is 60.0 Å². The Balaban J connectivity index is 1.70. The van der Waals surface area contributed by atoms with Crippen LogP contribution in [0.5, 0.6) is 5.75 Å². The van der Waals surface area contributed by atoms with Gasteiger partial charge < -0.3 is 9.26 Å². The van der Waals surface area contributed by atoms with Gasteiger partial charge in [0.15, 0.2) is 0 Å². The van der Waals surface area contributed by atoms with E-state index in [9.17, 15) is 8.78 Å². The van der Waals surface area contributed by atoms with Crippen molar-refractivity contribution in [2.24, 2.45) is 0 Å². The molecule has 0 unspecified atom stereocenters. The molecule has 3 aromatic rings. The van der Waals surface area contributed by atoms with Crippen molar-refractivity contribution >= 4 is 11.8 Å². The minimum absolute atomic E-state index is 0.203. The summed E-state index contributed by atoms with van der Waals surface area (Å²) >= 11 is 1.10. The number of ether oxygens (including phenoxy) is 1. The van der Waals surface area contributed by atoms with E-state index < -0.39 is 11.6 Å². The van der Waals surface area contributed by atoms with Gasteiger partial charge in [0.25, 0.3) is 0 Å². The number of benzene rings is 2. The summed E-state index contributed by atoms with van der Waals surface area (Å²) in [6, 6.07) is 10.5. The Kier molecular flexibility index (Phi) is 4.57. The highest BCUT2D eigenvalue weighted by atomic mass is 32.2. The van der Waals surface area contributed by atoms with E-state index in [0.717, 1.165) is 41.3 Å². The average Bonchev–Trinajstić information content (AvgIpc) is 3.05. The van der Waals surface area contributed by atoms with Crippen LogP contribution in [0.15, 0.2) is 51.9 Å². The molecule has 23 heavy (non-hydrogen) atoms. The molecule has 118 valence electrons. The summed E-state index contributed by atoms with van der Waals surface area (Å²) in [5.74, 6) is 0.787. The highest BCUT2D eigenvalue weighted by Gasteiger charge is 2.11. The van der Waals surface area contributed by atoms with Crippen molar-refractivity contribution in [3.8, 4) is 17.1 Å². The molecule has 7 heteroatoms. The number of halogens is 2. The van der Waals surface area contributed by atoms with Gasteiger partial charge in [-0.3, -0.25) is 0 Å². The zero-order chi connectivity index (χ0) is 16.2. The topological polar surface area (TPSA) is 48.2 Å². The molecular weight excluding hydrogens is 322 g/mol. The molecule has 1 aromatic heterocycles. The minimum Gasteiger partial charge on any atom is -0.497 e. The fraction of sp³-hybridized carbons (Fsp3) is 0.125. The number of aromatic nitrogens is 2. The lowest BCUT2D eigenvalue weighted by Crippen LogP contribution is -1.87. The van der Waals surface area contributed by atoms with Crippen LogP contribution >= 0.6 is 11.8 Å². The maximum absolute atomic E-state index is 13.5. The quantitative estimate of drug-likeness (QED) is 0.651. The Morgan fingerprint density at radius 2 is 1.91 bits per heavy atom. The molecule has 0 saturated carbocycles. The maximum Gasteiger partial charge on any atom is 0.237 e. The van der Waals surface area contributed by atoms with Gasteiger partial charge in [-0.05, 0) is 42.5 Å². The molecule has 0 atom stereocenters. The van der Waals surface area contributed by atoms with Crippen LogP contribution in [-0.2, 0) is 5.75 Å². The Morgan fingerprint density at radius 1 is 1.13 bits per heavy atom. The van der Waals surface area contributed by atoms with E-state index in [1.807, 2.05) is 12.1 Å². The molecule has 0 amide bonds. The summed E-state index contributed by atoms with van der Waals surface area (Å²) in [7, 11) is 1.59. The fourth-order valence-electron chi connectivity index (χ4n) is 1.90. The first kappa shape index (κ1) is 15.5. The van der Waals surface area contributed by atoms with E-state index in [1.54, 1.807) is 19.2 Å². The van der Waals surface area contributed by atoms with Crippen LogP contribution in [0, 0.1) is 11.6 Å². The summed E-state index contributed by atoms with van der Waals surface area (Å²) in [5.41, 5.74) is 0.780. The van der Waals surface area contributed by atoms with Gasteiger partial charge in [0, 0.05) is 10.5 Å². The van der Waals surface area contributed by atoms with Crippen molar-refractivity contribution in [2.45, 2.75) is 10.6 Å². The number of thioether (sulfide) groups is 1. The highest BCUT2D eigenvalue weighted by Crippen LogP contribution is 2.27. The lowest BCUT2D eigenvalue weighted by atomic mass is 10.2. The van der Waals surface area contributed by atoms with Crippen LogP contribution in [-0.4, -0.2) is 17.3 Å². The first-order chi connectivity index (χ1) is 11.2. The molecule has 4 nitrogen and oxygen atoms in total. The molecule has 0 fully saturated rings. The minimum atomic E-state index is -0.488. The summed E-state index contributed by atoms with van der Waals surface area (Å²) < 4.78 is 36.9. The third-order valence-corrected chi connectivity index (χ3v) is 4.08. The van der Waals surface area contributed by atoms with Crippen molar-refractivity contribution in [3.63, 3.8) is 0 Å². The standard InChI is InChI=1S/C16H12F2N2O2S/c1-21-12-5-2-10(3-6-12)16-19-15(22-20-16)9-23-14-8-11(17)4-7-13(14)18/h2-8H,9H2,1H3. The van der Waals surface area contributed by atoms with Crippen molar-refractivity contribution in [2.75, 3.05) is 7.11 Å². The smallest absolute Gasteiger partial charge is 0.237 e. The third-order valence-electron chi connectivity index (χ3n) is 3.06. The zero-order valence-electron chi connectivity index (χ0n) is 12.1. The molecule has 0 radical (unpaired) electrons. The molecule has 1 heterocycles. The summed E-state index contributed by atoms with van der Waals surface area (Å²) in [6.07, 6.45) is 0. The Labute approximate surface area is 135 Å². The van der Waals surface area contributed by atoms with Gasteiger partial charge in [-0.2, -0.15) is 4.98 Å². The maximum atomic E-state index is 13.5. The SMILES string of the molecule is COc1ccc(-c2noc(CSc3cc(F)ccc3F)n2)cc1. The molecule has 0 aliphatic carbocycles. The van der Waals surface area contributed by atoms with Crippen LogP contribution < -0.4 is 4.74 Å². The number of hydrogen-bond acceptors (Lipinski definition) is 5. The van der Waals surface area contributed by atoms with Crippen LogP contribution in [0.4, 0.5) is 8.78 Å². The van der Waals surface area contributed by atoms with Gasteiger partial charge >= 0.3 is 0 Å². The van der Waals surface area contributed by atoms with Gasteiger partial charge in [-0.1, -0.05) is 5.16 Å². The molecule has 0 aliphatic heterocycles. The second kappa shape index (κ2) is 6.78. The summed E-state index contributed by atoms with van der Waals surface area (Å²) in [5, 5.41) is 3.89. The Hall–Kier alpha value is -2.41. The zero-order valence-corrected chi connectivity index (χ0v) is 12.9. The van der Waals surface area contributed by atoms with E-state index in [4.69, 9.17) is 9.26 Å². The molecule has 0 saturated heterocycles. The van der Waals surface area contributed by atoms with E-state index >= 15 is 0 Å². The van der Waals surface area contributed by atoms with Crippen molar-refractivity contribution < 1.29 is 18.0 Å². The number of nitrogens with zero attached hydrogens (tertiary/aromatic N) is 2. The second-order valence-corrected chi connectivity index (χ2v) is 5.62. The fourth-order valence-corrected chi connectivity index (χ4v) is 2.70. The van der Waals surface area contributed by atoms with Gasteiger partial charge in [-0.15, -0.1) is 11.8 Å². The lowest BCUT2D eigenvalue weighted by molar-refractivity contribution is 0.391. The monoisotopic (exact) mass is 334 g/mol. The van der Waals surface area contributed by atoms with Crippen LogP contribution in [0.25, 0.3) is 11.4 Å². The molecule has 0 N–H and O–H groups in total. The van der Waals surface area contributed by atoms with Gasteiger partial charge in [-0.25, -0.2) is 8.78 Å². The number of hydrogen-bond donors (Lipinski definition) is 0. The van der Waals surface area contributed by atoms with E-state index in [0.29, 0.717) is 11.7 Å². The highest BCUT2D eigenvalue weighted by molar-refractivity contribution is 7.98. The normalized spacial score (nSPS) is 10.7. The van der Waals surface area contributed by atoms with Crippen molar-refractivity contribution in [1.82, 2.24) is 10.1 Å². The lowest BCUT2D eigenvalue weighted by Gasteiger charge is -2.00. The number of methoxy groups -OCH3 is 1. The average molecular weight is 334 g/mol. The van der Waals surface area contributed by atoms with E-state index in [2.05, 4.69) is 10.1 Å². The molecule has 0 aliphatic rings. The van der Waals surface area contributed by atoms with Gasteiger partial charge in [0.2, 0.25) is 11.7 Å². The first-order valence-corrected chi connectivity index (χ1v) is 7.69. The molecular formula is C16H12F2N2O2S.